The normalized spacial score (nSPS) is 38.8. The highest BCUT2D eigenvalue weighted by Gasteiger charge is 2.53. The van der Waals surface area contributed by atoms with Gasteiger partial charge in [-0.15, -0.1) is 0 Å². The first-order valence-corrected chi connectivity index (χ1v) is 13.3. The number of fused-ring (bicyclic) bond motifs is 4. The van der Waals surface area contributed by atoms with Gasteiger partial charge in [-0.05, 0) is 103 Å². The summed E-state index contributed by atoms with van der Waals surface area (Å²) in [5.41, 5.74) is 5.86. The van der Waals surface area contributed by atoms with E-state index in [4.69, 9.17) is 4.74 Å². The van der Waals surface area contributed by atoms with Gasteiger partial charge in [0.15, 0.2) is 0 Å². The van der Waals surface area contributed by atoms with Gasteiger partial charge in [-0.1, -0.05) is 65.3 Å². The fourth-order valence-electron chi connectivity index (χ4n) is 7.70. The lowest BCUT2D eigenvalue weighted by Gasteiger charge is -2.54. The Bertz CT molecular complexity index is 830. The largest absolute Gasteiger partial charge is 0.463 e. The third-order valence-electron chi connectivity index (χ3n) is 10.2. The average molecular weight is 439 g/mol. The number of hydrogen-bond acceptors (Lipinski definition) is 2. The molecule has 0 aliphatic heterocycles. The summed E-state index contributed by atoms with van der Waals surface area (Å²) >= 11 is 0. The molecule has 0 N–H and O–H groups in total. The van der Waals surface area contributed by atoms with Crippen molar-refractivity contribution in [3.8, 4) is 0 Å². The van der Waals surface area contributed by atoms with Crippen LogP contribution in [0.4, 0.5) is 0 Å². The minimum atomic E-state index is -0.115. The highest BCUT2D eigenvalue weighted by atomic mass is 16.5. The monoisotopic (exact) mass is 438 g/mol. The van der Waals surface area contributed by atoms with Gasteiger partial charge in [-0.25, -0.2) is 0 Å². The van der Waals surface area contributed by atoms with E-state index in [2.05, 4.69) is 59.8 Å². The van der Waals surface area contributed by atoms with E-state index in [9.17, 15) is 4.79 Å². The molecule has 1 fully saturated rings. The molecule has 0 unspecified atom stereocenters. The zero-order valence-corrected chi connectivity index (χ0v) is 21.7. The molecule has 4 rings (SSSR count). The zero-order valence-electron chi connectivity index (χ0n) is 21.7. The Hall–Kier alpha value is -1.31. The van der Waals surface area contributed by atoms with E-state index in [0.29, 0.717) is 34.5 Å². The Balaban J connectivity index is 1.54. The van der Waals surface area contributed by atoms with Crippen LogP contribution in [0.5, 0.6) is 0 Å². The van der Waals surface area contributed by atoms with Gasteiger partial charge in [0.2, 0.25) is 0 Å². The third kappa shape index (κ3) is 4.05. The first-order chi connectivity index (χ1) is 15.1. The van der Waals surface area contributed by atoms with E-state index in [1.54, 1.807) is 23.6 Å². The van der Waals surface area contributed by atoms with Crippen molar-refractivity contribution in [3.05, 3.63) is 34.9 Å². The molecule has 2 nitrogen and oxygen atoms in total. The SMILES string of the molecule is CC(=O)O[C@@H]1CC[C@@]2(C)C3=C(CC[C@@H]2C1)C1=CC[C@H]([C@H](C)/C=C/[C@H](C)C(C)C)[C@@]1(C)CC3. The van der Waals surface area contributed by atoms with E-state index in [0.717, 1.165) is 18.8 Å². The number of esters is 1. The first-order valence-electron chi connectivity index (χ1n) is 13.3. The molecule has 0 saturated heterocycles. The maximum Gasteiger partial charge on any atom is 0.302 e. The molecule has 1 saturated carbocycles. The molecular weight excluding hydrogens is 392 g/mol. The summed E-state index contributed by atoms with van der Waals surface area (Å²) in [6.45, 7) is 16.1. The second-order valence-electron chi connectivity index (χ2n) is 12.3. The van der Waals surface area contributed by atoms with E-state index in [1.807, 2.05) is 0 Å². The smallest absolute Gasteiger partial charge is 0.302 e. The molecule has 0 bridgehead atoms. The molecule has 4 aliphatic rings. The van der Waals surface area contributed by atoms with Crippen LogP contribution in [0.25, 0.3) is 0 Å². The predicted octanol–water partition coefficient (Wildman–Crippen LogP) is 8.05. The van der Waals surface area contributed by atoms with Gasteiger partial charge in [0.25, 0.3) is 0 Å². The van der Waals surface area contributed by atoms with Crippen molar-refractivity contribution in [1.82, 2.24) is 0 Å². The fourth-order valence-corrected chi connectivity index (χ4v) is 7.70. The number of carbonyl (C=O) groups excluding carboxylic acids is 1. The van der Waals surface area contributed by atoms with E-state index >= 15 is 0 Å². The van der Waals surface area contributed by atoms with Crippen molar-refractivity contribution in [2.45, 2.75) is 106 Å². The zero-order chi connectivity index (χ0) is 23.3. The summed E-state index contributed by atoms with van der Waals surface area (Å²) in [6, 6.07) is 0. The lowest BCUT2D eigenvalue weighted by atomic mass is 9.51. The van der Waals surface area contributed by atoms with Crippen LogP contribution in [0.3, 0.4) is 0 Å². The molecule has 0 spiro atoms. The Morgan fingerprint density at radius 1 is 1.06 bits per heavy atom. The lowest BCUT2D eigenvalue weighted by molar-refractivity contribution is -0.150. The van der Waals surface area contributed by atoms with Crippen LogP contribution in [-0.2, 0) is 9.53 Å². The summed E-state index contributed by atoms with van der Waals surface area (Å²) in [7, 11) is 0. The first kappa shape index (κ1) is 23.8. The Labute approximate surface area is 197 Å². The molecular formula is C30H46O2. The number of hydrogen-bond donors (Lipinski definition) is 0. The van der Waals surface area contributed by atoms with Crippen molar-refractivity contribution in [2.75, 3.05) is 0 Å². The van der Waals surface area contributed by atoms with Crippen LogP contribution in [0.15, 0.2) is 34.9 Å². The van der Waals surface area contributed by atoms with Crippen LogP contribution >= 0.6 is 0 Å². The van der Waals surface area contributed by atoms with Crippen molar-refractivity contribution in [3.63, 3.8) is 0 Å². The Kier molecular flexibility index (Phi) is 6.56. The molecule has 0 aromatic rings. The fraction of sp³-hybridized carbons (Fsp3) is 0.767. The minimum Gasteiger partial charge on any atom is -0.463 e. The summed E-state index contributed by atoms with van der Waals surface area (Å²) in [4.78, 5) is 11.5. The second-order valence-corrected chi connectivity index (χ2v) is 12.3. The molecule has 32 heavy (non-hydrogen) atoms. The summed E-state index contributed by atoms with van der Waals surface area (Å²) in [5, 5.41) is 0. The van der Waals surface area contributed by atoms with Gasteiger partial charge in [-0.3, -0.25) is 4.79 Å². The molecule has 0 heterocycles. The van der Waals surface area contributed by atoms with Crippen molar-refractivity contribution in [1.29, 1.82) is 0 Å². The predicted molar refractivity (Wildman–Crippen MR) is 133 cm³/mol. The Morgan fingerprint density at radius 2 is 1.81 bits per heavy atom. The third-order valence-corrected chi connectivity index (χ3v) is 10.2. The topological polar surface area (TPSA) is 26.3 Å². The second kappa shape index (κ2) is 8.80. The molecule has 0 aromatic carbocycles. The summed E-state index contributed by atoms with van der Waals surface area (Å²) < 4.78 is 5.63. The van der Waals surface area contributed by atoms with Gasteiger partial charge in [0.1, 0.15) is 6.10 Å². The molecule has 7 atom stereocenters. The van der Waals surface area contributed by atoms with Crippen LogP contribution in [0.2, 0.25) is 0 Å². The van der Waals surface area contributed by atoms with E-state index in [1.165, 1.54) is 38.5 Å². The van der Waals surface area contributed by atoms with Gasteiger partial charge in [0.05, 0.1) is 0 Å². The van der Waals surface area contributed by atoms with Crippen molar-refractivity contribution < 1.29 is 9.53 Å². The highest BCUT2D eigenvalue weighted by molar-refractivity contribution is 5.66. The van der Waals surface area contributed by atoms with Crippen LogP contribution in [0.1, 0.15) is 99.8 Å². The lowest BCUT2D eigenvalue weighted by Crippen LogP contribution is -2.44. The summed E-state index contributed by atoms with van der Waals surface area (Å²) in [6.07, 6.45) is 17.3. The Morgan fingerprint density at radius 3 is 2.50 bits per heavy atom. The molecule has 0 amide bonds. The van der Waals surface area contributed by atoms with Crippen LogP contribution in [-0.4, -0.2) is 12.1 Å². The molecule has 2 heteroatoms. The van der Waals surface area contributed by atoms with Crippen molar-refractivity contribution >= 4 is 5.97 Å². The number of ether oxygens (including phenoxy) is 1. The van der Waals surface area contributed by atoms with Gasteiger partial charge < -0.3 is 4.74 Å². The molecule has 178 valence electrons. The molecule has 4 aliphatic carbocycles. The quantitative estimate of drug-likeness (QED) is 0.320. The number of rotatable bonds is 5. The highest BCUT2D eigenvalue weighted by Crippen LogP contribution is 2.64. The number of carbonyl (C=O) groups is 1. The molecule has 0 aromatic heterocycles. The summed E-state index contributed by atoms with van der Waals surface area (Å²) in [5.74, 6) is 3.27. The maximum atomic E-state index is 11.5. The molecule has 0 radical (unpaired) electrons. The minimum absolute atomic E-state index is 0.115. The maximum absolute atomic E-state index is 11.5. The van der Waals surface area contributed by atoms with Gasteiger partial charge >= 0.3 is 5.97 Å². The van der Waals surface area contributed by atoms with Gasteiger partial charge in [0, 0.05) is 6.92 Å². The van der Waals surface area contributed by atoms with Crippen LogP contribution in [0, 0.1) is 40.4 Å². The average Bonchev–Trinajstić information content (AvgIpc) is 3.08. The number of allylic oxidation sites excluding steroid dienone is 6. The van der Waals surface area contributed by atoms with Crippen LogP contribution < -0.4 is 0 Å². The van der Waals surface area contributed by atoms with Gasteiger partial charge in [-0.2, -0.15) is 0 Å². The van der Waals surface area contributed by atoms with E-state index < -0.39 is 0 Å². The van der Waals surface area contributed by atoms with E-state index in [-0.39, 0.29) is 12.1 Å². The van der Waals surface area contributed by atoms with Crippen molar-refractivity contribution in [2.24, 2.45) is 40.4 Å². The standard InChI is InChI=1S/C30H46O2/c1-19(2)20(3)8-9-21(4)26-12-13-27-25-11-10-23-18-24(32-22(5)31)14-16-29(23,6)28(25)15-17-30(26,27)7/h8-9,13,19-21,23-24,26H,10-12,14-18H2,1-7H3/b9-8+/t20-,21+,23+,24+,26+,29+,30+/m0/s1.